The summed E-state index contributed by atoms with van der Waals surface area (Å²) in [4.78, 5) is 21.8. The standard InChI is InChI=1S/C24H24N6O2/c31-22(7-6-19-10-23-17(11-25-19)2-1-9-32-23)21-15-30(28-27-21)14-20-13-29-12-18(16-3-4-16)5-8-24(29)26-20/h5,8,10-13,15-16H,1-4,6-7,9,14H2. The number of Topliss-reactive ketones (excluding diaryl/α,β-unsaturated/α-hetero) is 1. The number of hydrogen-bond acceptors (Lipinski definition) is 6. The Balaban J connectivity index is 1.10. The van der Waals surface area contributed by atoms with Crippen LogP contribution in [0.15, 0.2) is 43.0 Å². The molecule has 4 aromatic heterocycles. The van der Waals surface area contributed by atoms with E-state index in [2.05, 4.69) is 43.0 Å². The smallest absolute Gasteiger partial charge is 0.185 e. The van der Waals surface area contributed by atoms with Crippen molar-refractivity contribution in [2.24, 2.45) is 0 Å². The molecule has 5 heterocycles. The van der Waals surface area contributed by atoms with Crippen molar-refractivity contribution >= 4 is 11.4 Å². The van der Waals surface area contributed by atoms with Crippen molar-refractivity contribution < 1.29 is 9.53 Å². The van der Waals surface area contributed by atoms with Gasteiger partial charge in [-0.2, -0.15) is 0 Å². The third-order valence-electron chi connectivity index (χ3n) is 6.18. The SMILES string of the molecule is O=C(CCc1cc2c(cn1)CCCO2)c1cn(Cc2cn3cc(C4CC4)ccc3n2)nn1. The van der Waals surface area contributed by atoms with E-state index in [1.807, 2.05) is 18.5 Å². The molecule has 0 bridgehead atoms. The molecule has 0 N–H and O–H groups in total. The molecule has 0 atom stereocenters. The van der Waals surface area contributed by atoms with Gasteiger partial charge in [0.25, 0.3) is 0 Å². The number of nitrogens with zero attached hydrogens (tertiary/aromatic N) is 6. The minimum Gasteiger partial charge on any atom is -0.493 e. The lowest BCUT2D eigenvalue weighted by molar-refractivity contribution is 0.0977. The van der Waals surface area contributed by atoms with Crippen molar-refractivity contribution in [1.82, 2.24) is 29.4 Å². The molecular formula is C24H24N6O2. The third-order valence-corrected chi connectivity index (χ3v) is 6.18. The number of aromatic nitrogens is 6. The minimum absolute atomic E-state index is 0.0410. The summed E-state index contributed by atoms with van der Waals surface area (Å²) in [5.41, 5.74) is 5.56. The number of pyridine rings is 2. The highest BCUT2D eigenvalue weighted by Gasteiger charge is 2.23. The molecule has 1 aliphatic heterocycles. The highest BCUT2D eigenvalue weighted by molar-refractivity contribution is 5.93. The molecule has 8 nitrogen and oxygen atoms in total. The lowest BCUT2D eigenvalue weighted by atomic mass is 10.1. The zero-order valence-electron chi connectivity index (χ0n) is 17.8. The van der Waals surface area contributed by atoms with E-state index in [0.29, 0.717) is 31.0 Å². The van der Waals surface area contributed by atoms with Gasteiger partial charge >= 0.3 is 0 Å². The number of fused-ring (bicyclic) bond motifs is 2. The monoisotopic (exact) mass is 428 g/mol. The van der Waals surface area contributed by atoms with Crippen molar-refractivity contribution in [3.8, 4) is 5.75 Å². The molecular weight excluding hydrogens is 404 g/mol. The summed E-state index contributed by atoms with van der Waals surface area (Å²) in [7, 11) is 0. The Morgan fingerprint density at radius 3 is 3.00 bits per heavy atom. The Kier molecular flexibility index (Phi) is 4.70. The second-order valence-electron chi connectivity index (χ2n) is 8.69. The molecule has 0 aromatic carbocycles. The Bertz CT molecular complexity index is 1300. The van der Waals surface area contributed by atoms with Gasteiger partial charge in [0.1, 0.15) is 17.1 Å². The van der Waals surface area contributed by atoms with Crippen LogP contribution in [0.4, 0.5) is 0 Å². The first-order chi connectivity index (χ1) is 15.7. The molecule has 2 aliphatic rings. The van der Waals surface area contributed by atoms with Gasteiger partial charge in [0, 0.05) is 42.3 Å². The van der Waals surface area contributed by atoms with Crippen LogP contribution in [0.25, 0.3) is 5.65 Å². The van der Waals surface area contributed by atoms with Crippen molar-refractivity contribution in [2.75, 3.05) is 6.61 Å². The molecule has 8 heteroatoms. The first kappa shape index (κ1) is 19.2. The molecule has 32 heavy (non-hydrogen) atoms. The number of carbonyl (C=O) groups is 1. The zero-order valence-corrected chi connectivity index (χ0v) is 17.8. The predicted octanol–water partition coefficient (Wildman–Crippen LogP) is 3.39. The van der Waals surface area contributed by atoms with Crippen LogP contribution in [0.2, 0.25) is 0 Å². The number of hydrogen-bond donors (Lipinski definition) is 0. The normalized spacial score (nSPS) is 15.5. The van der Waals surface area contributed by atoms with E-state index < -0.39 is 0 Å². The largest absolute Gasteiger partial charge is 0.493 e. The highest BCUT2D eigenvalue weighted by Crippen LogP contribution is 2.39. The van der Waals surface area contributed by atoms with Crippen molar-refractivity contribution in [2.45, 2.75) is 51.0 Å². The lowest BCUT2D eigenvalue weighted by Gasteiger charge is -2.17. The van der Waals surface area contributed by atoms with Gasteiger partial charge in [-0.3, -0.25) is 9.78 Å². The molecule has 0 amide bonds. The molecule has 0 saturated heterocycles. The number of ketones is 1. The van der Waals surface area contributed by atoms with E-state index in [-0.39, 0.29) is 5.78 Å². The molecule has 1 aliphatic carbocycles. The molecule has 0 radical (unpaired) electrons. The van der Waals surface area contributed by atoms with Crippen LogP contribution >= 0.6 is 0 Å². The van der Waals surface area contributed by atoms with E-state index in [4.69, 9.17) is 4.74 Å². The van der Waals surface area contributed by atoms with E-state index in [9.17, 15) is 4.79 Å². The van der Waals surface area contributed by atoms with Gasteiger partial charge in [-0.1, -0.05) is 11.3 Å². The first-order valence-electron chi connectivity index (χ1n) is 11.2. The molecule has 1 fully saturated rings. The maximum atomic E-state index is 12.6. The number of imidazole rings is 1. The second-order valence-corrected chi connectivity index (χ2v) is 8.69. The number of aryl methyl sites for hydroxylation is 2. The van der Waals surface area contributed by atoms with E-state index >= 15 is 0 Å². The van der Waals surface area contributed by atoms with E-state index in [1.54, 1.807) is 10.9 Å². The van der Waals surface area contributed by atoms with Gasteiger partial charge in [0.05, 0.1) is 25.0 Å². The molecule has 162 valence electrons. The average Bonchev–Trinajstić information content (AvgIpc) is 3.43. The van der Waals surface area contributed by atoms with Crippen LogP contribution in [0.5, 0.6) is 5.75 Å². The Morgan fingerprint density at radius 2 is 2.09 bits per heavy atom. The summed E-state index contributed by atoms with van der Waals surface area (Å²) >= 11 is 0. The van der Waals surface area contributed by atoms with Gasteiger partial charge in [-0.25, -0.2) is 9.67 Å². The van der Waals surface area contributed by atoms with Gasteiger partial charge in [-0.15, -0.1) is 5.10 Å². The summed E-state index contributed by atoms with van der Waals surface area (Å²) in [6.45, 7) is 1.22. The quantitative estimate of drug-likeness (QED) is 0.420. The predicted molar refractivity (Wildman–Crippen MR) is 117 cm³/mol. The number of rotatable bonds is 7. The molecule has 0 spiro atoms. The summed E-state index contributed by atoms with van der Waals surface area (Å²) in [6.07, 6.45) is 13.2. The van der Waals surface area contributed by atoms with Crippen LogP contribution in [-0.4, -0.2) is 41.8 Å². The van der Waals surface area contributed by atoms with Crippen molar-refractivity contribution in [3.05, 3.63) is 71.2 Å². The van der Waals surface area contributed by atoms with Crippen molar-refractivity contribution in [1.29, 1.82) is 0 Å². The zero-order chi connectivity index (χ0) is 21.5. The van der Waals surface area contributed by atoms with Gasteiger partial charge in [0.15, 0.2) is 5.78 Å². The Labute approximate surface area is 185 Å². The molecule has 1 saturated carbocycles. The fraction of sp³-hybridized carbons (Fsp3) is 0.375. The van der Waals surface area contributed by atoms with Crippen molar-refractivity contribution in [3.63, 3.8) is 0 Å². The van der Waals surface area contributed by atoms with E-state index in [0.717, 1.165) is 47.8 Å². The highest BCUT2D eigenvalue weighted by atomic mass is 16.5. The van der Waals surface area contributed by atoms with Gasteiger partial charge < -0.3 is 9.14 Å². The Hall–Kier alpha value is -3.55. The Morgan fingerprint density at radius 1 is 1.16 bits per heavy atom. The van der Waals surface area contributed by atoms with Gasteiger partial charge in [-0.05, 0) is 49.7 Å². The third kappa shape index (κ3) is 3.88. The fourth-order valence-electron chi connectivity index (χ4n) is 4.24. The molecule has 0 unspecified atom stereocenters. The summed E-state index contributed by atoms with van der Waals surface area (Å²) in [6, 6.07) is 6.18. The van der Waals surface area contributed by atoms with Crippen LogP contribution in [0, 0.1) is 0 Å². The maximum absolute atomic E-state index is 12.6. The van der Waals surface area contributed by atoms with Crippen LogP contribution in [0.1, 0.15) is 64.6 Å². The minimum atomic E-state index is -0.0410. The number of carbonyl (C=O) groups excluding carboxylic acids is 1. The van der Waals surface area contributed by atoms with E-state index in [1.165, 1.54) is 18.4 Å². The fourth-order valence-corrected chi connectivity index (χ4v) is 4.24. The topological polar surface area (TPSA) is 87.2 Å². The average molecular weight is 428 g/mol. The number of ether oxygens (including phenoxy) is 1. The van der Waals surface area contributed by atoms with Gasteiger partial charge in [0.2, 0.25) is 0 Å². The van der Waals surface area contributed by atoms with Crippen LogP contribution in [-0.2, 0) is 19.4 Å². The van der Waals surface area contributed by atoms with Crippen LogP contribution < -0.4 is 4.74 Å². The molecule has 6 rings (SSSR count). The first-order valence-corrected chi connectivity index (χ1v) is 11.2. The lowest BCUT2D eigenvalue weighted by Crippen LogP contribution is -2.10. The summed E-state index contributed by atoms with van der Waals surface area (Å²) < 4.78 is 9.44. The summed E-state index contributed by atoms with van der Waals surface area (Å²) in [5, 5.41) is 8.21. The second kappa shape index (κ2) is 7.85. The maximum Gasteiger partial charge on any atom is 0.185 e. The van der Waals surface area contributed by atoms with Crippen LogP contribution in [0.3, 0.4) is 0 Å². The summed E-state index contributed by atoms with van der Waals surface area (Å²) in [5.74, 6) is 1.57. The molecule has 4 aromatic rings.